The largest absolute Gasteiger partial charge is 0.392 e. The van der Waals surface area contributed by atoms with Crippen LogP contribution < -0.4 is 0 Å². The molecular weight excluding hydrogens is 168 g/mol. The third-order valence-electron chi connectivity index (χ3n) is 4.67. The second-order valence-electron chi connectivity index (χ2n) is 5.02. The molecule has 0 aromatic carbocycles. The summed E-state index contributed by atoms with van der Waals surface area (Å²) in [6.45, 7) is 4.61. The summed E-state index contributed by atoms with van der Waals surface area (Å²) in [6, 6.07) is 0. The van der Waals surface area contributed by atoms with Gasteiger partial charge in [-0.2, -0.15) is 12.6 Å². The molecule has 0 radical (unpaired) electrons. The minimum Gasteiger partial charge on any atom is -0.392 e. The molecule has 2 aliphatic rings. The first kappa shape index (κ1) is 8.89. The van der Waals surface area contributed by atoms with Gasteiger partial charge in [0.1, 0.15) is 0 Å². The predicted octanol–water partition coefficient (Wildman–Crippen LogP) is 2.10. The van der Waals surface area contributed by atoms with Crippen molar-refractivity contribution >= 4 is 12.6 Å². The Hall–Kier alpha value is 0.310. The molecule has 12 heavy (non-hydrogen) atoms. The Labute approximate surface area is 80.0 Å². The van der Waals surface area contributed by atoms with Gasteiger partial charge in [-0.3, -0.25) is 0 Å². The van der Waals surface area contributed by atoms with E-state index >= 15 is 0 Å². The Bertz CT molecular complexity index is 202. The lowest BCUT2D eigenvalue weighted by Crippen LogP contribution is -2.40. The van der Waals surface area contributed by atoms with Gasteiger partial charge in [0.2, 0.25) is 0 Å². The Morgan fingerprint density at radius 1 is 1.50 bits per heavy atom. The van der Waals surface area contributed by atoms with Gasteiger partial charge in [-0.25, -0.2) is 0 Å². The van der Waals surface area contributed by atoms with Crippen LogP contribution in [0.1, 0.15) is 33.1 Å². The number of hydrogen-bond donors (Lipinski definition) is 2. The van der Waals surface area contributed by atoms with Crippen LogP contribution in [-0.2, 0) is 0 Å². The third kappa shape index (κ3) is 0.759. The van der Waals surface area contributed by atoms with E-state index in [9.17, 15) is 5.11 Å². The summed E-state index contributed by atoms with van der Waals surface area (Å²) in [6.07, 6.45) is 3.39. The third-order valence-corrected chi connectivity index (χ3v) is 5.23. The number of aliphatic hydroxyl groups is 1. The molecule has 1 nitrogen and oxygen atoms in total. The molecule has 0 saturated heterocycles. The molecule has 2 fully saturated rings. The smallest absolute Gasteiger partial charge is 0.0612 e. The first-order chi connectivity index (χ1) is 5.54. The highest BCUT2D eigenvalue weighted by molar-refractivity contribution is 7.80. The Kier molecular flexibility index (Phi) is 1.79. The quantitative estimate of drug-likeness (QED) is 0.601. The van der Waals surface area contributed by atoms with Crippen molar-refractivity contribution in [3.63, 3.8) is 0 Å². The number of fused-ring (bicyclic) bond motifs is 2. The van der Waals surface area contributed by atoms with E-state index in [2.05, 4.69) is 26.5 Å². The molecule has 1 N–H and O–H groups in total. The van der Waals surface area contributed by atoms with Gasteiger partial charge < -0.3 is 5.11 Å². The van der Waals surface area contributed by atoms with E-state index in [-0.39, 0.29) is 11.5 Å². The SMILES string of the molecule is CC1(C)[C@H]2CC[C@]1(CS)[C@H](O)C2. The molecule has 0 amide bonds. The van der Waals surface area contributed by atoms with Gasteiger partial charge >= 0.3 is 0 Å². The summed E-state index contributed by atoms with van der Waals surface area (Å²) in [5, 5.41) is 9.96. The molecule has 2 bridgehead atoms. The summed E-state index contributed by atoms with van der Waals surface area (Å²) in [5.74, 6) is 1.58. The maximum atomic E-state index is 9.96. The predicted molar refractivity (Wildman–Crippen MR) is 53.4 cm³/mol. The van der Waals surface area contributed by atoms with Crippen LogP contribution >= 0.6 is 12.6 Å². The van der Waals surface area contributed by atoms with E-state index in [0.29, 0.717) is 5.41 Å². The normalized spacial score (nSPS) is 50.0. The lowest BCUT2D eigenvalue weighted by atomic mass is 9.70. The van der Waals surface area contributed by atoms with Crippen molar-refractivity contribution in [2.75, 3.05) is 5.75 Å². The zero-order chi connectivity index (χ0) is 8.98. The van der Waals surface area contributed by atoms with E-state index in [1.54, 1.807) is 0 Å². The topological polar surface area (TPSA) is 20.2 Å². The summed E-state index contributed by atoms with van der Waals surface area (Å²) in [7, 11) is 0. The number of rotatable bonds is 1. The molecule has 0 aromatic rings. The average Bonchev–Trinajstić information content (AvgIpc) is 2.36. The zero-order valence-corrected chi connectivity index (χ0v) is 8.77. The maximum Gasteiger partial charge on any atom is 0.0612 e. The van der Waals surface area contributed by atoms with Crippen molar-refractivity contribution in [1.29, 1.82) is 0 Å². The van der Waals surface area contributed by atoms with Crippen molar-refractivity contribution in [1.82, 2.24) is 0 Å². The van der Waals surface area contributed by atoms with E-state index in [1.807, 2.05) is 0 Å². The Balaban J connectivity index is 2.39. The van der Waals surface area contributed by atoms with E-state index < -0.39 is 0 Å². The summed E-state index contributed by atoms with van der Waals surface area (Å²) >= 11 is 4.42. The van der Waals surface area contributed by atoms with Gasteiger partial charge in [0.05, 0.1) is 6.10 Å². The lowest BCUT2D eigenvalue weighted by molar-refractivity contribution is 0.0171. The fraction of sp³-hybridized carbons (Fsp3) is 1.00. The molecule has 0 unspecified atom stereocenters. The fourth-order valence-electron chi connectivity index (χ4n) is 3.41. The van der Waals surface area contributed by atoms with Gasteiger partial charge in [0.15, 0.2) is 0 Å². The van der Waals surface area contributed by atoms with Crippen molar-refractivity contribution in [3.05, 3.63) is 0 Å². The fourth-order valence-corrected chi connectivity index (χ4v) is 4.19. The van der Waals surface area contributed by atoms with Gasteiger partial charge in [-0.15, -0.1) is 0 Å². The van der Waals surface area contributed by atoms with E-state index in [0.717, 1.165) is 18.1 Å². The highest BCUT2D eigenvalue weighted by atomic mass is 32.1. The zero-order valence-electron chi connectivity index (χ0n) is 7.88. The summed E-state index contributed by atoms with van der Waals surface area (Å²) in [4.78, 5) is 0. The van der Waals surface area contributed by atoms with Crippen molar-refractivity contribution in [3.8, 4) is 0 Å². The molecule has 70 valence electrons. The van der Waals surface area contributed by atoms with Gasteiger partial charge in [0, 0.05) is 5.41 Å². The van der Waals surface area contributed by atoms with E-state index in [1.165, 1.54) is 12.8 Å². The minimum absolute atomic E-state index is 0.0938. The van der Waals surface area contributed by atoms with Crippen LogP contribution in [0.5, 0.6) is 0 Å². The first-order valence-corrected chi connectivity index (χ1v) is 5.47. The average molecular weight is 186 g/mol. The number of aliphatic hydroxyl groups excluding tert-OH is 1. The number of hydrogen-bond acceptors (Lipinski definition) is 2. The van der Waals surface area contributed by atoms with Crippen LogP contribution in [0, 0.1) is 16.7 Å². The molecular formula is C10H18OS. The minimum atomic E-state index is -0.0938. The van der Waals surface area contributed by atoms with Crippen LogP contribution in [0.2, 0.25) is 0 Å². The Morgan fingerprint density at radius 2 is 2.17 bits per heavy atom. The first-order valence-electron chi connectivity index (χ1n) is 4.83. The second kappa shape index (κ2) is 2.42. The van der Waals surface area contributed by atoms with Gasteiger partial charge in [-0.1, -0.05) is 13.8 Å². The second-order valence-corrected chi connectivity index (χ2v) is 5.34. The molecule has 0 heterocycles. The van der Waals surface area contributed by atoms with Crippen LogP contribution in [-0.4, -0.2) is 17.0 Å². The summed E-state index contributed by atoms with van der Waals surface area (Å²) < 4.78 is 0. The van der Waals surface area contributed by atoms with Crippen LogP contribution in [0.4, 0.5) is 0 Å². The molecule has 0 spiro atoms. The molecule has 2 rings (SSSR count). The van der Waals surface area contributed by atoms with Gasteiger partial charge in [0.25, 0.3) is 0 Å². The maximum absolute atomic E-state index is 9.96. The molecule has 2 aliphatic carbocycles. The highest BCUT2D eigenvalue weighted by Gasteiger charge is 2.62. The van der Waals surface area contributed by atoms with E-state index in [4.69, 9.17) is 0 Å². The molecule has 0 aromatic heterocycles. The summed E-state index contributed by atoms with van der Waals surface area (Å²) in [5.41, 5.74) is 0.439. The standard InChI is InChI=1S/C10H18OS/c1-9(2)7-3-4-10(9,6-12)8(11)5-7/h7-8,11-12H,3-6H2,1-2H3/t7-,8+,10-/m0/s1. The molecule has 2 saturated carbocycles. The molecule has 3 atom stereocenters. The van der Waals surface area contributed by atoms with Crippen LogP contribution in [0.3, 0.4) is 0 Å². The highest BCUT2D eigenvalue weighted by Crippen LogP contribution is 2.65. The van der Waals surface area contributed by atoms with Crippen molar-refractivity contribution in [2.24, 2.45) is 16.7 Å². The van der Waals surface area contributed by atoms with Crippen LogP contribution in [0.15, 0.2) is 0 Å². The number of thiol groups is 1. The lowest BCUT2D eigenvalue weighted by Gasteiger charge is -2.39. The van der Waals surface area contributed by atoms with Crippen LogP contribution in [0.25, 0.3) is 0 Å². The van der Waals surface area contributed by atoms with Crippen molar-refractivity contribution in [2.45, 2.75) is 39.2 Å². The van der Waals surface area contributed by atoms with Crippen molar-refractivity contribution < 1.29 is 5.11 Å². The molecule has 2 heteroatoms. The monoisotopic (exact) mass is 186 g/mol. The molecule has 0 aliphatic heterocycles. The Morgan fingerprint density at radius 3 is 2.42 bits per heavy atom. The van der Waals surface area contributed by atoms with Gasteiger partial charge in [-0.05, 0) is 36.3 Å².